The molecule has 0 aliphatic heterocycles. The van der Waals surface area contributed by atoms with Crippen molar-refractivity contribution in [2.24, 2.45) is 0 Å². The Morgan fingerprint density at radius 2 is 1.70 bits per heavy atom. The number of halogens is 1. The summed E-state index contributed by atoms with van der Waals surface area (Å²) in [6.45, 7) is 2.02. The highest BCUT2D eigenvalue weighted by molar-refractivity contribution is 5.83. The van der Waals surface area contributed by atoms with Gasteiger partial charge in [-0.2, -0.15) is 0 Å². The van der Waals surface area contributed by atoms with E-state index < -0.39 is 6.04 Å². The SMILES string of the molecule is C[C@H](N[C@@H](C(=O)NC1CC1)c1ccc(F)cc1)c1ccccc1. The van der Waals surface area contributed by atoms with Crippen molar-refractivity contribution in [2.75, 3.05) is 0 Å². The first-order chi connectivity index (χ1) is 11.1. The Morgan fingerprint density at radius 1 is 1.04 bits per heavy atom. The molecule has 1 aliphatic carbocycles. The Kier molecular flexibility index (Phi) is 4.72. The zero-order valence-corrected chi connectivity index (χ0v) is 13.1. The summed E-state index contributed by atoms with van der Waals surface area (Å²) in [6.07, 6.45) is 2.08. The Balaban J connectivity index is 1.79. The zero-order chi connectivity index (χ0) is 16.2. The molecule has 3 nitrogen and oxygen atoms in total. The molecule has 2 atom stereocenters. The lowest BCUT2D eigenvalue weighted by atomic mass is 10.0. The molecule has 0 radical (unpaired) electrons. The Labute approximate surface area is 135 Å². The molecule has 1 saturated carbocycles. The maximum Gasteiger partial charge on any atom is 0.241 e. The van der Waals surface area contributed by atoms with E-state index in [4.69, 9.17) is 0 Å². The summed E-state index contributed by atoms with van der Waals surface area (Å²) >= 11 is 0. The quantitative estimate of drug-likeness (QED) is 0.857. The van der Waals surface area contributed by atoms with Gasteiger partial charge in [-0.1, -0.05) is 42.5 Å². The second kappa shape index (κ2) is 6.92. The number of rotatable bonds is 6. The van der Waals surface area contributed by atoms with Gasteiger partial charge in [0.15, 0.2) is 0 Å². The van der Waals surface area contributed by atoms with E-state index in [1.807, 2.05) is 37.3 Å². The van der Waals surface area contributed by atoms with E-state index in [-0.39, 0.29) is 17.8 Å². The monoisotopic (exact) mass is 312 g/mol. The third kappa shape index (κ3) is 4.17. The van der Waals surface area contributed by atoms with E-state index >= 15 is 0 Å². The van der Waals surface area contributed by atoms with Crippen molar-refractivity contribution in [2.45, 2.75) is 37.9 Å². The minimum atomic E-state index is -0.494. The first-order valence-electron chi connectivity index (χ1n) is 8.00. The molecular formula is C19H21FN2O. The molecule has 2 aromatic carbocycles. The Morgan fingerprint density at radius 3 is 2.30 bits per heavy atom. The predicted molar refractivity (Wildman–Crippen MR) is 88.3 cm³/mol. The second-order valence-corrected chi connectivity index (χ2v) is 6.07. The topological polar surface area (TPSA) is 41.1 Å². The molecule has 0 unspecified atom stereocenters. The molecule has 0 heterocycles. The van der Waals surface area contributed by atoms with Crippen LogP contribution in [-0.4, -0.2) is 11.9 Å². The lowest BCUT2D eigenvalue weighted by molar-refractivity contribution is -0.123. The highest BCUT2D eigenvalue weighted by Gasteiger charge is 2.29. The predicted octanol–water partition coefficient (Wildman–Crippen LogP) is 3.50. The fraction of sp³-hybridized carbons (Fsp3) is 0.316. The Bertz CT molecular complexity index is 653. The van der Waals surface area contributed by atoms with Crippen LogP contribution in [-0.2, 0) is 4.79 Å². The van der Waals surface area contributed by atoms with Crippen LogP contribution in [0.2, 0.25) is 0 Å². The van der Waals surface area contributed by atoms with Crippen molar-refractivity contribution < 1.29 is 9.18 Å². The number of hydrogen-bond donors (Lipinski definition) is 2. The number of nitrogens with one attached hydrogen (secondary N) is 2. The molecule has 23 heavy (non-hydrogen) atoms. The third-order valence-electron chi connectivity index (χ3n) is 4.11. The van der Waals surface area contributed by atoms with Crippen LogP contribution in [0.15, 0.2) is 54.6 Å². The molecule has 2 aromatic rings. The standard InChI is InChI=1S/C19H21FN2O/c1-13(14-5-3-2-4-6-14)21-18(19(23)22-17-11-12-17)15-7-9-16(20)10-8-15/h2-10,13,17-18,21H,11-12H2,1H3,(H,22,23)/t13-,18+/m0/s1. The molecule has 1 amide bonds. The molecule has 0 bridgehead atoms. The van der Waals surface area contributed by atoms with Crippen LogP contribution in [0.5, 0.6) is 0 Å². The summed E-state index contributed by atoms with van der Waals surface area (Å²) in [5, 5.41) is 6.40. The van der Waals surface area contributed by atoms with Crippen molar-refractivity contribution in [1.29, 1.82) is 0 Å². The number of carbonyl (C=O) groups excluding carboxylic acids is 1. The van der Waals surface area contributed by atoms with Crippen molar-refractivity contribution in [3.05, 3.63) is 71.5 Å². The number of amides is 1. The molecule has 0 saturated heterocycles. The molecule has 1 fully saturated rings. The smallest absolute Gasteiger partial charge is 0.241 e. The normalized spacial score (nSPS) is 16.6. The van der Waals surface area contributed by atoms with Gasteiger partial charge in [0.25, 0.3) is 0 Å². The Hall–Kier alpha value is -2.20. The van der Waals surface area contributed by atoms with Crippen molar-refractivity contribution in [1.82, 2.24) is 10.6 Å². The lowest BCUT2D eigenvalue weighted by Gasteiger charge is -2.23. The molecule has 4 heteroatoms. The summed E-state index contributed by atoms with van der Waals surface area (Å²) in [4.78, 5) is 12.6. The van der Waals surface area contributed by atoms with Crippen LogP contribution in [0.1, 0.15) is 43.0 Å². The van der Waals surface area contributed by atoms with Crippen molar-refractivity contribution in [3.63, 3.8) is 0 Å². The molecule has 3 rings (SSSR count). The molecule has 120 valence electrons. The van der Waals surface area contributed by atoms with Crippen LogP contribution in [0.4, 0.5) is 4.39 Å². The third-order valence-corrected chi connectivity index (χ3v) is 4.11. The summed E-state index contributed by atoms with van der Waals surface area (Å²) in [5.74, 6) is -0.354. The summed E-state index contributed by atoms with van der Waals surface area (Å²) in [6, 6.07) is 15.9. The van der Waals surface area contributed by atoms with Gasteiger partial charge in [-0.25, -0.2) is 4.39 Å². The fourth-order valence-electron chi connectivity index (χ4n) is 2.58. The first-order valence-corrected chi connectivity index (χ1v) is 8.00. The zero-order valence-electron chi connectivity index (χ0n) is 13.1. The van der Waals surface area contributed by atoms with Gasteiger partial charge in [0.05, 0.1) is 0 Å². The molecule has 2 N–H and O–H groups in total. The van der Waals surface area contributed by atoms with E-state index in [0.29, 0.717) is 6.04 Å². The highest BCUT2D eigenvalue weighted by Crippen LogP contribution is 2.24. The first kappa shape index (κ1) is 15.7. The summed E-state index contributed by atoms with van der Waals surface area (Å²) in [7, 11) is 0. The minimum Gasteiger partial charge on any atom is -0.352 e. The van der Waals surface area contributed by atoms with E-state index in [1.165, 1.54) is 12.1 Å². The minimum absolute atomic E-state index is 0.0104. The van der Waals surface area contributed by atoms with Gasteiger partial charge in [0, 0.05) is 12.1 Å². The summed E-state index contributed by atoms with van der Waals surface area (Å²) in [5.41, 5.74) is 1.88. The van der Waals surface area contributed by atoms with E-state index in [2.05, 4.69) is 10.6 Å². The maximum atomic E-state index is 13.2. The maximum absolute atomic E-state index is 13.2. The number of hydrogen-bond acceptors (Lipinski definition) is 2. The van der Waals surface area contributed by atoms with Crippen LogP contribution in [0.3, 0.4) is 0 Å². The highest BCUT2D eigenvalue weighted by atomic mass is 19.1. The van der Waals surface area contributed by atoms with E-state index in [9.17, 15) is 9.18 Å². The number of carbonyl (C=O) groups is 1. The lowest BCUT2D eigenvalue weighted by Crippen LogP contribution is -2.39. The van der Waals surface area contributed by atoms with Gasteiger partial charge in [0.1, 0.15) is 11.9 Å². The average Bonchev–Trinajstić information content (AvgIpc) is 3.38. The van der Waals surface area contributed by atoms with Gasteiger partial charge >= 0.3 is 0 Å². The summed E-state index contributed by atoms with van der Waals surface area (Å²) < 4.78 is 13.2. The number of benzene rings is 2. The van der Waals surface area contributed by atoms with Crippen molar-refractivity contribution >= 4 is 5.91 Å². The van der Waals surface area contributed by atoms with Crippen molar-refractivity contribution in [3.8, 4) is 0 Å². The van der Waals surface area contributed by atoms with Crippen LogP contribution in [0, 0.1) is 5.82 Å². The fourth-order valence-corrected chi connectivity index (χ4v) is 2.58. The van der Waals surface area contributed by atoms with E-state index in [1.54, 1.807) is 12.1 Å². The average molecular weight is 312 g/mol. The van der Waals surface area contributed by atoms with E-state index in [0.717, 1.165) is 24.0 Å². The van der Waals surface area contributed by atoms with Gasteiger partial charge < -0.3 is 5.32 Å². The molecule has 0 aromatic heterocycles. The largest absolute Gasteiger partial charge is 0.352 e. The van der Waals surface area contributed by atoms with Gasteiger partial charge in [-0.15, -0.1) is 0 Å². The van der Waals surface area contributed by atoms with Crippen LogP contribution < -0.4 is 10.6 Å². The molecular weight excluding hydrogens is 291 g/mol. The van der Waals surface area contributed by atoms with Crippen LogP contribution >= 0.6 is 0 Å². The van der Waals surface area contributed by atoms with Crippen LogP contribution in [0.25, 0.3) is 0 Å². The molecule has 0 spiro atoms. The van der Waals surface area contributed by atoms with Gasteiger partial charge in [-0.3, -0.25) is 10.1 Å². The second-order valence-electron chi connectivity index (χ2n) is 6.07. The van der Waals surface area contributed by atoms with Gasteiger partial charge in [0.2, 0.25) is 5.91 Å². The molecule has 1 aliphatic rings. The van der Waals surface area contributed by atoms with Gasteiger partial charge in [-0.05, 0) is 43.0 Å².